The van der Waals surface area contributed by atoms with Crippen LogP contribution >= 0.6 is 0 Å². The lowest BCUT2D eigenvalue weighted by Gasteiger charge is -2.36. The first-order chi connectivity index (χ1) is 17.4. The van der Waals surface area contributed by atoms with Gasteiger partial charge in [0.1, 0.15) is 11.9 Å². The number of fused-ring (bicyclic) bond motifs is 4. The minimum atomic E-state index is -2.40. The van der Waals surface area contributed by atoms with Gasteiger partial charge in [-0.2, -0.15) is 0 Å². The van der Waals surface area contributed by atoms with Gasteiger partial charge in [0.15, 0.2) is 22.9 Å². The van der Waals surface area contributed by atoms with Gasteiger partial charge in [0.25, 0.3) is 0 Å². The number of carbonyl (C=O) groups excluding carboxylic acids is 2. The molecule has 37 heavy (non-hydrogen) atoms. The van der Waals surface area contributed by atoms with Gasteiger partial charge >= 0.3 is 11.9 Å². The van der Waals surface area contributed by atoms with Gasteiger partial charge in [-0.1, -0.05) is 12.1 Å². The van der Waals surface area contributed by atoms with Crippen LogP contribution < -0.4 is 5.43 Å². The number of phenols is 1. The average molecular weight is 514 g/mol. The van der Waals surface area contributed by atoms with Crippen molar-refractivity contribution in [2.45, 2.75) is 56.4 Å². The maximum Gasteiger partial charge on any atom is 0.331 e. The third-order valence-corrected chi connectivity index (χ3v) is 7.51. The molecule has 5 rings (SSSR count). The quantitative estimate of drug-likeness (QED) is 0.159. The number of phenolic OH excluding ortho intramolecular Hbond substituents is 1. The first-order valence-corrected chi connectivity index (χ1v) is 11.8. The van der Waals surface area contributed by atoms with E-state index in [-0.39, 0.29) is 46.9 Å². The number of aliphatic hydroxyl groups is 5. The number of ether oxygens (including phenoxy) is 2. The highest BCUT2D eigenvalue weighted by Crippen LogP contribution is 2.49. The summed E-state index contributed by atoms with van der Waals surface area (Å²) in [4.78, 5) is 38.8. The van der Waals surface area contributed by atoms with Crippen molar-refractivity contribution in [2.75, 3.05) is 6.61 Å². The standard InChI is InChI=1S/C26H26O11/c1-11(27)22(31)36-5-4-25(23(32)37-24(25)33)10-13-6-12-7-14-9-18(29)20(26(14,34)35)15-2-3-17(28)19(21(13)30)16(15)8-12/h2-3,6-8,11,18,20,22,27-29,31,34-35H,4-5,9-10H2,1H3/b14-7-. The van der Waals surface area contributed by atoms with E-state index in [2.05, 4.69) is 4.74 Å². The second-order valence-corrected chi connectivity index (χ2v) is 9.94. The third kappa shape index (κ3) is 3.86. The maximum absolute atomic E-state index is 13.7. The fourth-order valence-corrected chi connectivity index (χ4v) is 5.46. The van der Waals surface area contributed by atoms with Crippen molar-refractivity contribution in [3.63, 3.8) is 0 Å². The number of benzene rings is 1. The van der Waals surface area contributed by atoms with Crippen LogP contribution in [0.4, 0.5) is 0 Å². The lowest BCUT2D eigenvalue weighted by Crippen LogP contribution is -2.55. The van der Waals surface area contributed by atoms with Crippen LogP contribution in [0.3, 0.4) is 0 Å². The maximum atomic E-state index is 13.7. The highest BCUT2D eigenvalue weighted by molar-refractivity contribution is 6.14. The summed E-state index contributed by atoms with van der Waals surface area (Å²) in [5, 5.41) is 62.1. The molecule has 6 N–H and O–H groups in total. The molecule has 11 heteroatoms. The first-order valence-electron chi connectivity index (χ1n) is 11.8. The van der Waals surface area contributed by atoms with Crippen LogP contribution in [0.2, 0.25) is 0 Å². The van der Waals surface area contributed by atoms with Gasteiger partial charge in [-0.15, -0.1) is 0 Å². The van der Waals surface area contributed by atoms with E-state index in [0.717, 1.165) is 0 Å². The van der Waals surface area contributed by atoms with Crippen LogP contribution in [-0.2, 0) is 25.5 Å². The molecular weight excluding hydrogens is 488 g/mol. The number of aromatic hydroxyl groups is 1. The Morgan fingerprint density at radius 2 is 1.84 bits per heavy atom. The van der Waals surface area contributed by atoms with Crippen molar-refractivity contribution in [1.82, 2.24) is 0 Å². The van der Waals surface area contributed by atoms with E-state index in [0.29, 0.717) is 5.56 Å². The van der Waals surface area contributed by atoms with Crippen molar-refractivity contribution in [3.8, 4) is 5.75 Å². The third-order valence-electron chi connectivity index (χ3n) is 7.51. The molecule has 4 unspecified atom stereocenters. The predicted octanol–water partition coefficient (Wildman–Crippen LogP) is -0.450. The number of rotatable bonds is 7. The molecule has 1 saturated heterocycles. The number of aliphatic hydroxyl groups excluding tert-OH is 3. The molecule has 0 spiro atoms. The molecule has 4 atom stereocenters. The van der Waals surface area contributed by atoms with Gasteiger partial charge in [0.05, 0.1) is 24.0 Å². The van der Waals surface area contributed by atoms with E-state index in [1.165, 1.54) is 31.2 Å². The fraction of sp³-hybridized carbons (Fsp3) is 0.423. The average Bonchev–Trinajstić information content (AvgIpc) is 2.97. The number of esters is 2. The monoisotopic (exact) mass is 514 g/mol. The molecule has 1 heterocycles. The van der Waals surface area contributed by atoms with Gasteiger partial charge < -0.3 is 40.1 Å². The van der Waals surface area contributed by atoms with Gasteiger partial charge in [0.2, 0.25) is 0 Å². The molecule has 3 aliphatic rings. The van der Waals surface area contributed by atoms with Crippen molar-refractivity contribution < 1.29 is 49.7 Å². The molecule has 2 aliphatic carbocycles. The lowest BCUT2D eigenvalue weighted by atomic mass is 9.75. The van der Waals surface area contributed by atoms with E-state index >= 15 is 0 Å². The molecule has 2 fully saturated rings. The van der Waals surface area contributed by atoms with E-state index in [1.807, 2.05) is 0 Å². The second-order valence-electron chi connectivity index (χ2n) is 9.94. The Hall–Kier alpha value is -3.19. The van der Waals surface area contributed by atoms with Gasteiger partial charge in [-0.3, -0.25) is 14.4 Å². The fourth-order valence-electron chi connectivity index (χ4n) is 5.46. The summed E-state index contributed by atoms with van der Waals surface area (Å²) in [6.07, 6.45) is -3.18. The van der Waals surface area contributed by atoms with E-state index in [9.17, 15) is 45.0 Å². The molecule has 2 aromatic carbocycles. The molecule has 0 aromatic heterocycles. The smallest absolute Gasteiger partial charge is 0.331 e. The van der Waals surface area contributed by atoms with E-state index in [4.69, 9.17) is 4.74 Å². The first kappa shape index (κ1) is 25.5. The minimum absolute atomic E-state index is 0.0184. The zero-order valence-corrected chi connectivity index (χ0v) is 19.7. The van der Waals surface area contributed by atoms with Gasteiger partial charge in [0, 0.05) is 18.4 Å². The molecule has 4 bridgehead atoms. The van der Waals surface area contributed by atoms with Crippen LogP contribution in [0, 0.1) is 5.41 Å². The van der Waals surface area contributed by atoms with Crippen LogP contribution in [0.5, 0.6) is 5.75 Å². The van der Waals surface area contributed by atoms with Crippen molar-refractivity contribution in [3.05, 3.63) is 56.8 Å². The number of cyclic esters (lactones) is 2. The van der Waals surface area contributed by atoms with Crippen LogP contribution in [0.1, 0.15) is 42.4 Å². The topological polar surface area (TPSA) is 191 Å². The summed E-state index contributed by atoms with van der Waals surface area (Å²) in [5.41, 5.74) is -1.79. The van der Waals surface area contributed by atoms with E-state index < -0.39 is 65.2 Å². The summed E-state index contributed by atoms with van der Waals surface area (Å²) in [6, 6.07) is 5.61. The minimum Gasteiger partial charge on any atom is -0.507 e. The van der Waals surface area contributed by atoms with Crippen molar-refractivity contribution >= 4 is 28.8 Å². The summed E-state index contributed by atoms with van der Waals surface area (Å²) >= 11 is 0. The summed E-state index contributed by atoms with van der Waals surface area (Å²) < 4.78 is 9.69. The van der Waals surface area contributed by atoms with Crippen molar-refractivity contribution in [2.24, 2.45) is 5.41 Å². The molecule has 0 radical (unpaired) electrons. The van der Waals surface area contributed by atoms with Crippen LogP contribution in [0.15, 0.2) is 34.6 Å². The molecule has 1 saturated carbocycles. The second kappa shape index (κ2) is 8.69. The van der Waals surface area contributed by atoms with Gasteiger partial charge in [-0.05, 0) is 53.6 Å². The lowest BCUT2D eigenvalue weighted by molar-refractivity contribution is -0.203. The summed E-state index contributed by atoms with van der Waals surface area (Å²) in [6.45, 7) is 0.995. The number of hydrogen-bond acceptors (Lipinski definition) is 11. The Kier molecular flexibility index (Phi) is 5.98. The Morgan fingerprint density at radius 3 is 2.49 bits per heavy atom. The molecule has 2 aromatic rings. The summed E-state index contributed by atoms with van der Waals surface area (Å²) in [5.74, 6) is -5.74. The molecule has 0 amide bonds. The Morgan fingerprint density at radius 1 is 1.14 bits per heavy atom. The zero-order chi connectivity index (χ0) is 26.9. The SMILES string of the molecule is CC(O)C(O)OCCC1(Cc2cc3cc4c(ccc(O)c4c2=O)C2C(O)C/C(=C/3)C2(O)O)C(=O)OC1=O. The molecule has 196 valence electrons. The number of hydrogen-bond donors (Lipinski definition) is 6. The Balaban J connectivity index is 1.66. The van der Waals surface area contributed by atoms with Crippen LogP contribution in [0.25, 0.3) is 16.8 Å². The normalized spacial score (nSPS) is 26.1. The Labute approximate surface area is 209 Å². The largest absolute Gasteiger partial charge is 0.507 e. The number of carbonyl (C=O) groups is 2. The van der Waals surface area contributed by atoms with Crippen LogP contribution in [-0.4, -0.2) is 73.5 Å². The van der Waals surface area contributed by atoms with Gasteiger partial charge in [-0.25, -0.2) is 0 Å². The highest BCUT2D eigenvalue weighted by atomic mass is 16.6. The molecule has 11 nitrogen and oxygen atoms in total. The van der Waals surface area contributed by atoms with Crippen molar-refractivity contribution in [1.29, 1.82) is 0 Å². The molecule has 1 aliphatic heterocycles. The predicted molar refractivity (Wildman–Crippen MR) is 126 cm³/mol. The Bertz CT molecular complexity index is 1390. The summed E-state index contributed by atoms with van der Waals surface area (Å²) in [7, 11) is 0. The van der Waals surface area contributed by atoms with E-state index in [1.54, 1.807) is 6.07 Å². The zero-order valence-electron chi connectivity index (χ0n) is 19.7. The highest BCUT2D eigenvalue weighted by Gasteiger charge is 2.58. The molecular formula is C26H26O11.